The van der Waals surface area contributed by atoms with Gasteiger partial charge in [0, 0.05) is 105 Å². The molecular weight excluding hydrogens is 1240 g/mol. The first-order chi connectivity index (χ1) is 50.6. The van der Waals surface area contributed by atoms with Crippen molar-refractivity contribution in [3.05, 3.63) is 370 Å². The summed E-state index contributed by atoms with van der Waals surface area (Å²) < 4.78 is 14.4. The van der Waals surface area contributed by atoms with Gasteiger partial charge in [-0.25, -0.2) is 0 Å². The van der Waals surface area contributed by atoms with Crippen LogP contribution in [0.25, 0.3) is 187 Å². The van der Waals surface area contributed by atoms with Crippen LogP contribution in [-0.4, -0.2) is 32.4 Å². The summed E-state index contributed by atoms with van der Waals surface area (Å²) in [4.78, 5) is 4.52. The van der Waals surface area contributed by atoms with Crippen molar-refractivity contribution in [3.63, 3.8) is 0 Å². The van der Waals surface area contributed by atoms with Crippen LogP contribution in [0.5, 0.6) is 0 Å². The number of hydrogen-bond acceptors (Lipinski definition) is 1. The maximum Gasteiger partial charge on any atom is 0.0724 e. The van der Waals surface area contributed by atoms with Gasteiger partial charge in [0.1, 0.15) is 0 Å². The van der Waals surface area contributed by atoms with Crippen LogP contribution in [0.3, 0.4) is 0 Å². The maximum atomic E-state index is 4.52. The average molecular weight is 1300 g/mol. The van der Waals surface area contributed by atoms with Gasteiger partial charge < -0.3 is 27.4 Å². The molecule has 0 aliphatic carbocycles. The van der Waals surface area contributed by atoms with Crippen molar-refractivity contribution < 1.29 is 0 Å². The first-order valence-corrected chi connectivity index (χ1v) is 34.9. The molecule has 0 bridgehead atoms. The maximum absolute atomic E-state index is 4.52. The molecule has 0 saturated carbocycles. The zero-order valence-electron chi connectivity index (χ0n) is 55.3. The summed E-state index contributed by atoms with van der Waals surface area (Å²) >= 11 is 0. The number of para-hydroxylation sites is 7. The SMILES string of the molecule is c1ccc(-c2ccc(-n3c4ccccc4c4cc5c(cc43)c3ccccc3n5-c3ccc4c(c3)c3ccccc3n4-c3ccccc3)cc2)cc1.c1ccc(-c2ccc(-n3c4ccccc4c4cc5c(cc43)c3ccccc3n5-c3ccc4c(c3)c3ccncc3n4-c3ccccc3)cc2)cc1. The number of fused-ring (bicyclic) bond motifs is 18. The van der Waals surface area contributed by atoms with Gasteiger partial charge in [-0.2, -0.15) is 0 Å². The van der Waals surface area contributed by atoms with Crippen LogP contribution in [0.4, 0.5) is 0 Å². The molecule has 0 radical (unpaired) electrons. The lowest BCUT2D eigenvalue weighted by atomic mass is 10.1. The van der Waals surface area contributed by atoms with Crippen LogP contribution in [0.1, 0.15) is 0 Å². The van der Waals surface area contributed by atoms with Crippen molar-refractivity contribution in [2.45, 2.75) is 0 Å². The second kappa shape index (κ2) is 22.9. The standard InChI is InChI=1S/C48H31N3.C47H30N4/c1-3-13-32(14-4-1)33-23-25-35(26-24-33)50-44-21-11-8-18-38(44)41-31-48-42(30-47(41)50)39-19-9-12-22-45(39)51(48)36-27-28-46-40(29-36)37-17-7-10-20-43(37)49(46)34-15-5-2-6-16-34;1-3-11-31(12-4-1)32-19-21-34(22-20-32)49-42-17-9-7-15-36(42)40-29-46-41(28-45(40)49)37-16-8-10-18-43(37)51(46)35-23-24-44-39(27-35)38-25-26-48-30-47(38)50(44)33-13-5-2-6-14-33/h1-31H;1-30H. The van der Waals surface area contributed by atoms with Gasteiger partial charge in [-0.05, 0) is 168 Å². The predicted octanol–water partition coefficient (Wildman–Crippen LogP) is 24.7. The van der Waals surface area contributed by atoms with E-state index in [4.69, 9.17) is 0 Å². The van der Waals surface area contributed by atoms with E-state index in [2.05, 4.69) is 390 Å². The van der Waals surface area contributed by atoms with Crippen LogP contribution < -0.4 is 0 Å². The van der Waals surface area contributed by atoms with E-state index in [0.717, 1.165) is 39.5 Å². The van der Waals surface area contributed by atoms with Gasteiger partial charge in [0.05, 0.1) is 72.4 Å². The number of aromatic nitrogens is 7. The van der Waals surface area contributed by atoms with E-state index < -0.39 is 0 Å². The minimum atomic E-state index is 1.10. The highest BCUT2D eigenvalue weighted by molar-refractivity contribution is 6.22. The second-order valence-corrected chi connectivity index (χ2v) is 26.7. The van der Waals surface area contributed by atoms with Crippen LogP contribution in [0, 0.1) is 0 Å². The molecule has 0 aliphatic heterocycles. The molecule has 102 heavy (non-hydrogen) atoms. The monoisotopic (exact) mass is 1300 g/mol. The third-order valence-electron chi connectivity index (χ3n) is 21.2. The molecule has 7 heterocycles. The van der Waals surface area contributed by atoms with Gasteiger partial charge >= 0.3 is 0 Å². The van der Waals surface area contributed by atoms with Gasteiger partial charge in [0.15, 0.2) is 0 Å². The summed E-state index contributed by atoms with van der Waals surface area (Å²) in [6.45, 7) is 0. The van der Waals surface area contributed by atoms with Crippen molar-refractivity contribution in [1.29, 1.82) is 0 Å². The lowest BCUT2D eigenvalue weighted by Gasteiger charge is -2.11. The highest BCUT2D eigenvalue weighted by Gasteiger charge is 2.23. The van der Waals surface area contributed by atoms with E-state index in [1.54, 1.807) is 0 Å². The van der Waals surface area contributed by atoms with E-state index in [1.807, 2.05) is 12.4 Å². The van der Waals surface area contributed by atoms with E-state index >= 15 is 0 Å². The van der Waals surface area contributed by atoms with Crippen molar-refractivity contribution in [2.24, 2.45) is 0 Å². The molecule has 0 atom stereocenters. The summed E-state index contributed by atoms with van der Waals surface area (Å²) in [6.07, 6.45) is 3.87. The molecular formula is C95H61N7. The van der Waals surface area contributed by atoms with E-state index in [9.17, 15) is 0 Å². The molecule has 7 nitrogen and oxygen atoms in total. The number of benzene rings is 15. The highest BCUT2D eigenvalue weighted by atomic mass is 15.0. The molecule has 0 N–H and O–H groups in total. The molecule has 7 heteroatoms. The summed E-state index contributed by atoms with van der Waals surface area (Å²) in [7, 11) is 0. The molecule has 0 amide bonds. The quantitative estimate of drug-likeness (QED) is 0.149. The van der Waals surface area contributed by atoms with Crippen molar-refractivity contribution in [2.75, 3.05) is 0 Å². The average Bonchev–Trinajstić information content (AvgIpc) is 1.56. The van der Waals surface area contributed by atoms with Crippen LogP contribution >= 0.6 is 0 Å². The first-order valence-electron chi connectivity index (χ1n) is 34.9. The van der Waals surface area contributed by atoms with Crippen molar-refractivity contribution in [1.82, 2.24) is 32.4 Å². The number of pyridine rings is 1. The zero-order chi connectivity index (χ0) is 66.9. The fraction of sp³-hybridized carbons (Fsp3) is 0. The van der Waals surface area contributed by atoms with Gasteiger partial charge in [0.2, 0.25) is 0 Å². The van der Waals surface area contributed by atoms with Crippen molar-refractivity contribution >= 4 is 131 Å². The Kier molecular flexibility index (Phi) is 12.9. The lowest BCUT2D eigenvalue weighted by molar-refractivity contribution is 1.16. The third kappa shape index (κ3) is 8.84. The molecule has 22 rings (SSSR count). The predicted molar refractivity (Wildman–Crippen MR) is 428 cm³/mol. The fourth-order valence-corrected chi connectivity index (χ4v) is 16.6. The van der Waals surface area contributed by atoms with E-state index in [0.29, 0.717) is 0 Å². The first kappa shape index (κ1) is 57.3. The van der Waals surface area contributed by atoms with Gasteiger partial charge in [-0.3, -0.25) is 4.98 Å². The Hall–Kier alpha value is -13.8. The van der Waals surface area contributed by atoms with E-state index in [-0.39, 0.29) is 0 Å². The second-order valence-electron chi connectivity index (χ2n) is 26.7. The molecule has 22 aromatic rings. The number of nitrogens with zero attached hydrogens (tertiary/aromatic N) is 7. The molecule has 0 saturated heterocycles. The summed E-state index contributed by atoms with van der Waals surface area (Å²) in [5.41, 5.74) is 26.1. The molecule has 0 unspecified atom stereocenters. The topological polar surface area (TPSA) is 42.5 Å². The Labute approximate surface area is 586 Å². The van der Waals surface area contributed by atoms with Crippen LogP contribution in [0.2, 0.25) is 0 Å². The Bertz CT molecular complexity index is 6640. The number of hydrogen-bond donors (Lipinski definition) is 0. The molecule has 7 aromatic heterocycles. The zero-order valence-corrected chi connectivity index (χ0v) is 55.3. The summed E-state index contributed by atoms with van der Waals surface area (Å²) in [5, 5.41) is 14.8. The van der Waals surface area contributed by atoms with Gasteiger partial charge in [-0.15, -0.1) is 0 Å². The molecule has 0 fully saturated rings. The Balaban J connectivity index is 0.000000133. The largest absolute Gasteiger partial charge is 0.309 e. The molecule has 0 spiro atoms. The molecule has 0 aliphatic rings. The highest BCUT2D eigenvalue weighted by Crippen LogP contribution is 2.45. The minimum Gasteiger partial charge on any atom is -0.309 e. The van der Waals surface area contributed by atoms with Gasteiger partial charge in [-0.1, -0.05) is 212 Å². The summed E-state index contributed by atoms with van der Waals surface area (Å²) in [5.74, 6) is 0. The van der Waals surface area contributed by atoms with Crippen LogP contribution in [-0.2, 0) is 0 Å². The smallest absolute Gasteiger partial charge is 0.0724 e. The molecule has 476 valence electrons. The minimum absolute atomic E-state index is 1.10. The lowest BCUT2D eigenvalue weighted by Crippen LogP contribution is -1.96. The fourth-order valence-electron chi connectivity index (χ4n) is 16.6. The van der Waals surface area contributed by atoms with Gasteiger partial charge in [0.25, 0.3) is 0 Å². The Morgan fingerprint density at radius 1 is 0.147 bits per heavy atom. The summed E-state index contributed by atoms with van der Waals surface area (Å²) in [6, 6.07) is 130. The normalized spacial score (nSPS) is 11.9. The third-order valence-corrected chi connectivity index (χ3v) is 21.2. The van der Waals surface area contributed by atoms with Crippen LogP contribution in [0.15, 0.2) is 370 Å². The Morgan fingerprint density at radius 3 is 0.735 bits per heavy atom. The van der Waals surface area contributed by atoms with E-state index in [1.165, 1.54) is 148 Å². The van der Waals surface area contributed by atoms with Crippen molar-refractivity contribution in [3.8, 4) is 56.4 Å². The molecule has 15 aromatic carbocycles. The Morgan fingerprint density at radius 2 is 0.382 bits per heavy atom. The number of rotatable bonds is 8.